The molecule has 0 amide bonds. The molecule has 6 aromatic rings. The van der Waals surface area contributed by atoms with E-state index in [4.69, 9.17) is 19.3 Å². The van der Waals surface area contributed by atoms with Crippen LogP contribution in [-0.2, 0) is 26.2 Å². The molecule has 222 valence electrons. The van der Waals surface area contributed by atoms with Gasteiger partial charge in [0.2, 0.25) is 0 Å². The van der Waals surface area contributed by atoms with E-state index in [2.05, 4.69) is 90.4 Å². The van der Waals surface area contributed by atoms with E-state index in [1.807, 2.05) is 48.5 Å². The van der Waals surface area contributed by atoms with E-state index in [9.17, 15) is 0 Å². The molecule has 6 rings (SSSR count). The van der Waals surface area contributed by atoms with Crippen molar-refractivity contribution in [1.29, 1.82) is 0 Å². The summed E-state index contributed by atoms with van der Waals surface area (Å²) >= 11 is 0. The Morgan fingerprint density at radius 2 is 1.16 bits per heavy atom. The van der Waals surface area contributed by atoms with Gasteiger partial charge in [-0.05, 0) is 88.8 Å². The van der Waals surface area contributed by atoms with Gasteiger partial charge in [-0.15, -0.1) is 0 Å². The van der Waals surface area contributed by atoms with Crippen molar-refractivity contribution in [2.24, 2.45) is 0 Å². The minimum Gasteiger partial charge on any atom is -0.491 e. The van der Waals surface area contributed by atoms with Gasteiger partial charge < -0.3 is 23.9 Å². The lowest BCUT2D eigenvalue weighted by Crippen LogP contribution is -2.04. The molecule has 5 aromatic carbocycles. The van der Waals surface area contributed by atoms with Gasteiger partial charge in [-0.25, -0.2) is 0 Å². The van der Waals surface area contributed by atoms with Crippen LogP contribution in [0, 0.1) is 0 Å². The van der Waals surface area contributed by atoms with Gasteiger partial charge in [0.25, 0.3) is 0 Å². The lowest BCUT2D eigenvalue weighted by atomic mass is 10.0. The maximum Gasteiger partial charge on any atom is 0.120 e. The number of nitrogens with zero attached hydrogens (tertiary/aromatic N) is 1. The summed E-state index contributed by atoms with van der Waals surface area (Å²) < 4.78 is 20.3. The molecular formula is C39H37NO4. The maximum atomic E-state index is 9.11. The highest BCUT2D eigenvalue weighted by atomic mass is 16.5. The Balaban J connectivity index is 1.34. The fourth-order valence-electron chi connectivity index (χ4n) is 5.57. The van der Waals surface area contributed by atoms with Crippen LogP contribution < -0.4 is 14.2 Å². The van der Waals surface area contributed by atoms with Gasteiger partial charge in [-0.3, -0.25) is 0 Å². The predicted octanol–water partition coefficient (Wildman–Crippen LogP) is 8.45. The van der Waals surface area contributed by atoms with Gasteiger partial charge in [0.05, 0.1) is 12.3 Å². The topological polar surface area (TPSA) is 52.9 Å². The van der Waals surface area contributed by atoms with Crippen LogP contribution in [0.3, 0.4) is 0 Å². The third-order valence-electron chi connectivity index (χ3n) is 7.74. The zero-order valence-electron chi connectivity index (χ0n) is 25.0. The van der Waals surface area contributed by atoms with Gasteiger partial charge in [0, 0.05) is 17.4 Å². The average molecular weight is 584 g/mol. The Kier molecular flexibility index (Phi) is 9.24. The highest BCUT2D eigenvalue weighted by molar-refractivity contribution is 5.93. The Morgan fingerprint density at radius 3 is 1.77 bits per heavy atom. The van der Waals surface area contributed by atoms with Crippen LogP contribution in [-0.4, -0.2) is 22.9 Å². The first kappa shape index (κ1) is 29.1. The third kappa shape index (κ3) is 6.80. The predicted molar refractivity (Wildman–Crippen MR) is 176 cm³/mol. The molecule has 5 heteroatoms. The molecule has 0 spiro atoms. The SMILES string of the molecule is CCc1c(-c2ccc(OCc3ccccc3)cc2)n(Cc2ccc(OCCO)cc2)c2ccc(OCc3ccccc3)cc12. The molecule has 0 aliphatic heterocycles. The normalized spacial score (nSPS) is 11.0. The number of hydrogen-bond donors (Lipinski definition) is 1. The van der Waals surface area contributed by atoms with Crippen LogP contribution >= 0.6 is 0 Å². The lowest BCUT2D eigenvalue weighted by Gasteiger charge is -2.14. The molecule has 0 saturated carbocycles. The number of aliphatic hydroxyl groups excluding tert-OH is 1. The maximum absolute atomic E-state index is 9.11. The highest BCUT2D eigenvalue weighted by Crippen LogP contribution is 2.37. The van der Waals surface area contributed by atoms with Gasteiger partial charge in [-0.1, -0.05) is 79.7 Å². The molecule has 0 bridgehead atoms. The summed E-state index contributed by atoms with van der Waals surface area (Å²) in [6.07, 6.45) is 0.876. The van der Waals surface area contributed by atoms with Crippen LogP contribution in [0.25, 0.3) is 22.2 Å². The first-order chi connectivity index (χ1) is 21.7. The monoisotopic (exact) mass is 583 g/mol. The Bertz CT molecular complexity index is 1780. The van der Waals surface area contributed by atoms with Crippen molar-refractivity contribution in [3.63, 3.8) is 0 Å². The second-order valence-corrected chi connectivity index (χ2v) is 10.7. The van der Waals surface area contributed by atoms with E-state index in [0.717, 1.165) is 51.4 Å². The highest BCUT2D eigenvalue weighted by Gasteiger charge is 2.19. The minimum absolute atomic E-state index is 0.00655. The van der Waals surface area contributed by atoms with Crippen molar-refractivity contribution >= 4 is 10.9 Å². The number of aryl methyl sites for hydroxylation is 1. The van der Waals surface area contributed by atoms with Crippen LogP contribution in [0.4, 0.5) is 0 Å². The van der Waals surface area contributed by atoms with Gasteiger partial charge in [0.15, 0.2) is 0 Å². The van der Waals surface area contributed by atoms with Crippen molar-refractivity contribution in [2.45, 2.75) is 33.1 Å². The number of fused-ring (bicyclic) bond motifs is 1. The fraction of sp³-hybridized carbons (Fsp3) is 0.179. The fourth-order valence-corrected chi connectivity index (χ4v) is 5.57. The molecule has 5 nitrogen and oxygen atoms in total. The van der Waals surface area contributed by atoms with Crippen molar-refractivity contribution < 1.29 is 19.3 Å². The smallest absolute Gasteiger partial charge is 0.120 e. The molecule has 0 saturated heterocycles. The van der Waals surface area contributed by atoms with E-state index in [-0.39, 0.29) is 13.2 Å². The van der Waals surface area contributed by atoms with Crippen LogP contribution in [0.1, 0.15) is 29.2 Å². The first-order valence-electron chi connectivity index (χ1n) is 15.1. The second-order valence-electron chi connectivity index (χ2n) is 10.7. The molecule has 1 N–H and O–H groups in total. The summed E-state index contributed by atoms with van der Waals surface area (Å²) in [6.45, 7) is 4.24. The number of aliphatic hydroxyl groups is 1. The minimum atomic E-state index is -0.00655. The molecule has 0 unspecified atom stereocenters. The number of hydrogen-bond acceptors (Lipinski definition) is 4. The van der Waals surface area contributed by atoms with E-state index in [1.165, 1.54) is 16.6 Å². The Morgan fingerprint density at radius 1 is 0.591 bits per heavy atom. The van der Waals surface area contributed by atoms with Crippen LogP contribution in [0.15, 0.2) is 127 Å². The zero-order valence-corrected chi connectivity index (χ0v) is 25.0. The lowest BCUT2D eigenvalue weighted by molar-refractivity contribution is 0.201. The third-order valence-corrected chi connectivity index (χ3v) is 7.74. The molecule has 0 aliphatic carbocycles. The summed E-state index contributed by atoms with van der Waals surface area (Å²) in [5, 5.41) is 10.3. The summed E-state index contributed by atoms with van der Waals surface area (Å²) in [5.41, 5.74) is 8.22. The molecule has 0 atom stereocenters. The van der Waals surface area contributed by atoms with Crippen LogP contribution in [0.5, 0.6) is 17.2 Å². The second kappa shape index (κ2) is 14.0. The molecular weight excluding hydrogens is 546 g/mol. The van der Waals surface area contributed by atoms with E-state index < -0.39 is 0 Å². The van der Waals surface area contributed by atoms with Gasteiger partial charge in [-0.2, -0.15) is 0 Å². The van der Waals surface area contributed by atoms with Gasteiger partial charge in [0.1, 0.15) is 37.1 Å². The molecule has 0 fully saturated rings. The zero-order chi connectivity index (χ0) is 30.1. The molecule has 0 aliphatic rings. The Labute approximate surface area is 258 Å². The molecule has 44 heavy (non-hydrogen) atoms. The average Bonchev–Trinajstić information content (AvgIpc) is 3.39. The van der Waals surface area contributed by atoms with E-state index in [0.29, 0.717) is 19.8 Å². The number of aromatic nitrogens is 1. The van der Waals surface area contributed by atoms with Crippen molar-refractivity contribution in [3.05, 3.63) is 150 Å². The molecule has 1 aromatic heterocycles. The van der Waals surface area contributed by atoms with Crippen molar-refractivity contribution in [2.75, 3.05) is 13.2 Å². The van der Waals surface area contributed by atoms with E-state index in [1.54, 1.807) is 0 Å². The number of rotatable bonds is 13. The molecule has 1 heterocycles. The first-order valence-corrected chi connectivity index (χ1v) is 15.1. The molecule has 0 radical (unpaired) electrons. The standard InChI is InChI=1S/C39H37NO4/c1-2-36-37-25-35(44-28-31-11-7-4-8-12-31)21-22-38(37)40(26-29-13-17-33(18-14-29)42-24-23-41)39(36)32-15-19-34(20-16-32)43-27-30-9-5-3-6-10-30/h3-22,25,41H,2,23-24,26-28H2,1H3. The summed E-state index contributed by atoms with van der Waals surface area (Å²) in [4.78, 5) is 0. The van der Waals surface area contributed by atoms with E-state index >= 15 is 0 Å². The Hall–Kier alpha value is -5.00. The van der Waals surface area contributed by atoms with Crippen molar-refractivity contribution in [1.82, 2.24) is 4.57 Å². The number of ether oxygens (including phenoxy) is 3. The van der Waals surface area contributed by atoms with Crippen LogP contribution in [0.2, 0.25) is 0 Å². The van der Waals surface area contributed by atoms with Crippen molar-refractivity contribution in [3.8, 4) is 28.5 Å². The summed E-state index contributed by atoms with van der Waals surface area (Å²) in [6, 6.07) is 43.4. The summed E-state index contributed by atoms with van der Waals surface area (Å²) in [7, 11) is 0. The van der Waals surface area contributed by atoms with Gasteiger partial charge >= 0.3 is 0 Å². The quantitative estimate of drug-likeness (QED) is 0.148. The summed E-state index contributed by atoms with van der Waals surface area (Å²) in [5.74, 6) is 2.45. The largest absolute Gasteiger partial charge is 0.491 e. The number of benzene rings is 5.